The number of fused-ring (bicyclic) bond motifs is 1. The third kappa shape index (κ3) is 5.80. The summed E-state index contributed by atoms with van der Waals surface area (Å²) in [6, 6.07) is 9.86. The van der Waals surface area contributed by atoms with E-state index >= 15 is 0 Å². The molecule has 0 fully saturated rings. The second-order valence-electron chi connectivity index (χ2n) is 7.91. The highest BCUT2D eigenvalue weighted by Gasteiger charge is 2.17. The Balaban J connectivity index is 2.00. The van der Waals surface area contributed by atoms with Crippen LogP contribution in [0.3, 0.4) is 0 Å². The van der Waals surface area contributed by atoms with Crippen molar-refractivity contribution in [2.45, 2.75) is 26.8 Å². The topological polar surface area (TPSA) is 69.2 Å². The average Bonchev–Trinajstić information content (AvgIpc) is 2.89. The van der Waals surface area contributed by atoms with Crippen LogP contribution in [0.15, 0.2) is 36.7 Å². The van der Waals surface area contributed by atoms with Crippen molar-refractivity contribution in [2.75, 3.05) is 59.5 Å². The van der Waals surface area contributed by atoms with Gasteiger partial charge in [0.1, 0.15) is 12.1 Å². The first-order valence-electron chi connectivity index (χ1n) is 11.6. The van der Waals surface area contributed by atoms with Gasteiger partial charge in [-0.15, -0.1) is 0 Å². The maximum Gasteiger partial charge on any atom is 0.162 e. The molecule has 0 radical (unpaired) electrons. The number of ether oxygens (including phenoxy) is 4. The van der Waals surface area contributed by atoms with Gasteiger partial charge < -0.3 is 28.7 Å². The molecule has 0 bridgehead atoms. The summed E-state index contributed by atoms with van der Waals surface area (Å²) < 4.78 is 22.0. The lowest BCUT2D eigenvalue weighted by Crippen LogP contribution is -2.30. The number of nitrogens with zero attached hydrogens (tertiary/aromatic N) is 4. The molecule has 1 aromatic heterocycles. The van der Waals surface area contributed by atoms with E-state index < -0.39 is 0 Å². The summed E-state index contributed by atoms with van der Waals surface area (Å²) in [5, 5.41) is 0.920. The van der Waals surface area contributed by atoms with Crippen LogP contribution in [0.25, 0.3) is 10.9 Å². The van der Waals surface area contributed by atoms with E-state index in [2.05, 4.69) is 34.7 Å². The molecule has 0 N–H and O–H groups in total. The molecule has 8 heteroatoms. The zero-order chi connectivity index (χ0) is 24.5. The van der Waals surface area contributed by atoms with Crippen molar-refractivity contribution in [1.29, 1.82) is 0 Å². The number of anilines is 1. The Bertz CT molecular complexity index is 1070. The molecule has 184 valence electrons. The van der Waals surface area contributed by atoms with Crippen LogP contribution in [-0.4, -0.2) is 69.5 Å². The molecule has 1 heterocycles. The SMILES string of the molecule is CCN(CC)CCCN(Cc1ccc(OC)c(OC)c1)c1ncnc2cc(OC)c(OC)cc12. The van der Waals surface area contributed by atoms with Gasteiger partial charge in [0.25, 0.3) is 0 Å². The van der Waals surface area contributed by atoms with E-state index in [1.165, 1.54) is 0 Å². The Hall–Kier alpha value is -3.26. The van der Waals surface area contributed by atoms with Crippen LogP contribution >= 0.6 is 0 Å². The maximum absolute atomic E-state index is 5.56. The molecule has 0 aliphatic heterocycles. The molecule has 0 amide bonds. The standard InChI is InChI=1S/C26H36N4O4/c1-7-29(8-2)12-9-13-30(17-19-10-11-22(31-3)23(14-19)32-4)26-20-15-24(33-5)25(34-6)16-21(20)27-18-28-26/h10-11,14-16,18H,7-9,12-13,17H2,1-6H3. The van der Waals surface area contributed by atoms with Crippen LogP contribution in [0.1, 0.15) is 25.8 Å². The predicted molar refractivity (Wildman–Crippen MR) is 136 cm³/mol. The molecule has 0 spiro atoms. The highest BCUT2D eigenvalue weighted by Crippen LogP contribution is 2.35. The summed E-state index contributed by atoms with van der Waals surface area (Å²) in [5.41, 5.74) is 1.91. The number of hydrogen-bond donors (Lipinski definition) is 0. The molecule has 0 aliphatic carbocycles. The third-order valence-electron chi connectivity index (χ3n) is 6.04. The lowest BCUT2D eigenvalue weighted by molar-refractivity contribution is 0.300. The fraction of sp³-hybridized carbons (Fsp3) is 0.462. The summed E-state index contributed by atoms with van der Waals surface area (Å²) >= 11 is 0. The van der Waals surface area contributed by atoms with Gasteiger partial charge in [0.15, 0.2) is 23.0 Å². The Morgan fingerprint density at radius 2 is 1.38 bits per heavy atom. The van der Waals surface area contributed by atoms with Gasteiger partial charge in [0.05, 0.1) is 34.0 Å². The summed E-state index contributed by atoms with van der Waals surface area (Å²) in [7, 11) is 6.56. The minimum Gasteiger partial charge on any atom is -0.493 e. The van der Waals surface area contributed by atoms with E-state index in [-0.39, 0.29) is 0 Å². The number of benzene rings is 2. The molecular formula is C26H36N4O4. The predicted octanol–water partition coefficient (Wildman–Crippen LogP) is 4.40. The van der Waals surface area contributed by atoms with Crippen molar-refractivity contribution in [3.8, 4) is 23.0 Å². The highest BCUT2D eigenvalue weighted by molar-refractivity contribution is 5.92. The average molecular weight is 469 g/mol. The van der Waals surface area contributed by atoms with Gasteiger partial charge in [-0.1, -0.05) is 19.9 Å². The Kier molecular flexibility index (Phi) is 9.16. The van der Waals surface area contributed by atoms with Crippen molar-refractivity contribution >= 4 is 16.7 Å². The molecule has 2 aromatic carbocycles. The molecule has 3 aromatic rings. The van der Waals surface area contributed by atoms with Crippen molar-refractivity contribution in [3.05, 3.63) is 42.2 Å². The fourth-order valence-corrected chi connectivity index (χ4v) is 4.11. The molecule has 0 saturated carbocycles. The summed E-state index contributed by atoms with van der Waals surface area (Å²) in [6.45, 7) is 9.00. The van der Waals surface area contributed by atoms with Gasteiger partial charge in [0, 0.05) is 24.5 Å². The van der Waals surface area contributed by atoms with Crippen molar-refractivity contribution in [3.63, 3.8) is 0 Å². The van der Waals surface area contributed by atoms with Crippen LogP contribution in [0.4, 0.5) is 5.82 Å². The van der Waals surface area contributed by atoms with Gasteiger partial charge in [-0.3, -0.25) is 0 Å². The molecule has 0 atom stereocenters. The van der Waals surface area contributed by atoms with Crippen LogP contribution in [0.2, 0.25) is 0 Å². The molecule has 0 aliphatic rings. The largest absolute Gasteiger partial charge is 0.493 e. The summed E-state index contributed by atoms with van der Waals surface area (Å²) in [5.74, 6) is 3.58. The summed E-state index contributed by atoms with van der Waals surface area (Å²) in [4.78, 5) is 13.9. The maximum atomic E-state index is 5.56. The quantitative estimate of drug-likeness (QED) is 0.366. The van der Waals surface area contributed by atoms with Gasteiger partial charge in [-0.05, 0) is 49.8 Å². The minimum atomic E-state index is 0.646. The van der Waals surface area contributed by atoms with E-state index in [0.29, 0.717) is 29.5 Å². The van der Waals surface area contributed by atoms with Gasteiger partial charge in [-0.2, -0.15) is 0 Å². The molecule has 8 nitrogen and oxygen atoms in total. The number of methoxy groups -OCH3 is 4. The second kappa shape index (κ2) is 12.3. The minimum absolute atomic E-state index is 0.646. The van der Waals surface area contributed by atoms with Crippen molar-refractivity contribution < 1.29 is 18.9 Å². The van der Waals surface area contributed by atoms with Crippen LogP contribution < -0.4 is 23.8 Å². The van der Waals surface area contributed by atoms with E-state index in [0.717, 1.165) is 54.9 Å². The lowest BCUT2D eigenvalue weighted by Gasteiger charge is -2.27. The highest BCUT2D eigenvalue weighted by atomic mass is 16.5. The monoisotopic (exact) mass is 468 g/mol. The zero-order valence-electron chi connectivity index (χ0n) is 21.1. The Labute approximate surface area is 202 Å². The van der Waals surface area contributed by atoms with E-state index in [1.54, 1.807) is 34.8 Å². The molecule has 0 unspecified atom stereocenters. The van der Waals surface area contributed by atoms with Crippen molar-refractivity contribution in [1.82, 2.24) is 14.9 Å². The Morgan fingerprint density at radius 1 is 0.735 bits per heavy atom. The first-order chi connectivity index (χ1) is 16.6. The van der Waals surface area contributed by atoms with Gasteiger partial charge >= 0.3 is 0 Å². The smallest absolute Gasteiger partial charge is 0.162 e. The van der Waals surface area contributed by atoms with Crippen LogP contribution in [-0.2, 0) is 6.54 Å². The van der Waals surface area contributed by atoms with E-state index in [9.17, 15) is 0 Å². The van der Waals surface area contributed by atoms with Crippen LogP contribution in [0.5, 0.6) is 23.0 Å². The molecule has 3 rings (SSSR count). The molecule has 0 saturated heterocycles. The fourth-order valence-electron chi connectivity index (χ4n) is 4.11. The number of rotatable bonds is 13. The second-order valence-corrected chi connectivity index (χ2v) is 7.91. The third-order valence-corrected chi connectivity index (χ3v) is 6.04. The summed E-state index contributed by atoms with van der Waals surface area (Å²) in [6.07, 6.45) is 2.61. The number of aromatic nitrogens is 2. The first kappa shape index (κ1) is 25.4. The number of hydrogen-bond acceptors (Lipinski definition) is 8. The zero-order valence-corrected chi connectivity index (χ0v) is 21.1. The van der Waals surface area contributed by atoms with Crippen LogP contribution in [0, 0.1) is 0 Å². The van der Waals surface area contributed by atoms with Crippen molar-refractivity contribution in [2.24, 2.45) is 0 Å². The normalized spacial score (nSPS) is 11.0. The lowest BCUT2D eigenvalue weighted by atomic mass is 10.1. The Morgan fingerprint density at radius 3 is 2.03 bits per heavy atom. The molecule has 34 heavy (non-hydrogen) atoms. The van der Waals surface area contributed by atoms with Gasteiger partial charge in [-0.25, -0.2) is 9.97 Å². The van der Waals surface area contributed by atoms with E-state index in [4.69, 9.17) is 23.9 Å². The first-order valence-corrected chi connectivity index (χ1v) is 11.6. The van der Waals surface area contributed by atoms with E-state index in [1.807, 2.05) is 24.3 Å². The van der Waals surface area contributed by atoms with Gasteiger partial charge in [0.2, 0.25) is 0 Å². The molecular weight excluding hydrogens is 432 g/mol.